The van der Waals surface area contributed by atoms with Crippen molar-refractivity contribution in [3.63, 3.8) is 0 Å². The van der Waals surface area contributed by atoms with E-state index < -0.39 is 200 Å². The lowest BCUT2D eigenvalue weighted by Gasteiger charge is -2.72. The van der Waals surface area contributed by atoms with E-state index in [1.54, 1.807) is 53.9 Å². The van der Waals surface area contributed by atoms with Crippen LogP contribution in [0.25, 0.3) is 0 Å². The average Bonchev–Trinajstić information content (AvgIpc) is 0.932. The molecule has 9 aliphatic rings. The van der Waals surface area contributed by atoms with Gasteiger partial charge in [-0.3, -0.25) is 4.79 Å². The number of aliphatic hydroxyl groups excluding tert-OH is 11. The van der Waals surface area contributed by atoms with E-state index in [9.17, 15) is 80.5 Å². The van der Waals surface area contributed by atoms with E-state index in [4.69, 9.17) is 52.1 Å². The minimum Gasteiger partial charge on any atom is -0.479 e. The Morgan fingerprint density at radius 1 is 0.634 bits per heavy atom. The highest BCUT2D eigenvalue weighted by atomic mass is 16.8. The molecule has 9 rings (SSSR count). The van der Waals surface area contributed by atoms with E-state index in [1.807, 2.05) is 0 Å². The lowest BCUT2D eigenvalue weighted by molar-refractivity contribution is -0.386. The summed E-state index contributed by atoms with van der Waals surface area (Å²) >= 11 is 0. The van der Waals surface area contributed by atoms with Gasteiger partial charge in [-0.25, -0.2) is 14.4 Å². The van der Waals surface area contributed by atoms with Gasteiger partial charge in [-0.1, -0.05) is 72.3 Å². The lowest BCUT2D eigenvalue weighted by Crippen LogP contribution is -2.72. The molecule has 5 aliphatic carbocycles. The van der Waals surface area contributed by atoms with E-state index in [0.29, 0.717) is 43.3 Å². The number of allylic oxidation sites excluding steroid dienone is 4. The Hall–Kier alpha value is -3.66. The molecule has 0 spiro atoms. The molecule has 27 nitrogen and oxygen atoms in total. The second kappa shape index (κ2) is 28.7. The van der Waals surface area contributed by atoms with Crippen molar-refractivity contribution in [3.05, 3.63) is 34.9 Å². The first kappa shape index (κ1) is 75.1. The van der Waals surface area contributed by atoms with Crippen molar-refractivity contribution < 1.29 is 133 Å². The van der Waals surface area contributed by atoms with Crippen molar-refractivity contribution >= 4 is 23.9 Å². The Kier molecular flexibility index (Phi) is 23.1. The second-order valence-corrected chi connectivity index (χ2v) is 29.3. The highest BCUT2D eigenvalue weighted by molar-refractivity contribution is 5.88. The van der Waals surface area contributed by atoms with Gasteiger partial charge in [-0.05, 0) is 124 Å². The molecule has 0 amide bonds. The van der Waals surface area contributed by atoms with Crippen LogP contribution < -0.4 is 0 Å². The Morgan fingerprint density at radius 2 is 1.19 bits per heavy atom. The number of hydrogen-bond donors (Lipinski definition) is 12. The number of carbonyl (C=O) groups is 4. The van der Waals surface area contributed by atoms with Crippen molar-refractivity contribution in [1.29, 1.82) is 0 Å². The largest absolute Gasteiger partial charge is 0.479 e. The quantitative estimate of drug-likeness (QED) is 0.0337. The molecule has 0 aromatic rings. The van der Waals surface area contributed by atoms with Gasteiger partial charge in [0.15, 0.2) is 37.2 Å². The van der Waals surface area contributed by atoms with Crippen molar-refractivity contribution in [3.8, 4) is 0 Å². The Balaban J connectivity index is 0.000000428. The number of aliphatic carboxylic acids is 1. The minimum absolute atomic E-state index is 0.0138. The van der Waals surface area contributed by atoms with Crippen molar-refractivity contribution in [1.82, 2.24) is 0 Å². The molecule has 27 heteroatoms. The van der Waals surface area contributed by atoms with Gasteiger partial charge in [0.1, 0.15) is 73.2 Å². The summed E-state index contributed by atoms with van der Waals surface area (Å²) in [6.07, 6.45) is -21.7. The maximum absolute atomic E-state index is 12.8. The number of hydrogen-bond acceptors (Lipinski definition) is 26. The lowest BCUT2D eigenvalue weighted by atomic mass is 9.33. The molecule has 4 saturated carbocycles. The predicted octanol–water partition coefficient (Wildman–Crippen LogP) is 1.00. The number of fused-ring (bicyclic) bond motifs is 7. The van der Waals surface area contributed by atoms with Crippen LogP contribution in [0.3, 0.4) is 0 Å². The number of carboxylic acid groups (broad SMARTS) is 1. The fourth-order valence-electron chi connectivity index (χ4n) is 17.8. The molecule has 25 unspecified atom stereocenters. The van der Waals surface area contributed by atoms with Gasteiger partial charge >= 0.3 is 23.9 Å². The predicted molar refractivity (Wildman–Crippen MR) is 323 cm³/mol. The third-order valence-electron chi connectivity index (χ3n) is 23.5. The van der Waals surface area contributed by atoms with Crippen molar-refractivity contribution in [2.75, 3.05) is 33.5 Å². The SMILES string of the molecule is C/C=C(/C)C(=O)OC1C(C)OCC(O)[C@@H]1OC(=O)/C(C)=C\C.COC1C(OC(C)=O)C2(CO)C(O)CC3(C)C(=CCC4C5(C)CC[C@@H](OC6OC(C(=O)O)C(O)[C@H](O[C@@H]7OC(CO)C(O)C7O)C6OC6OC(CO)C(O)C(O)C6O)C(C)(C)C5CCC43C)C2CC1(C)C. The van der Waals surface area contributed by atoms with Crippen LogP contribution in [0.4, 0.5) is 0 Å². The first-order chi connectivity index (χ1) is 43.5. The zero-order chi connectivity index (χ0) is 69.2. The highest BCUT2D eigenvalue weighted by Gasteiger charge is 2.74. The number of esters is 3. The number of ether oxygens (including phenoxy) is 11. The third kappa shape index (κ3) is 13.3. The van der Waals surface area contributed by atoms with E-state index in [0.717, 1.165) is 18.4 Å². The van der Waals surface area contributed by atoms with Crippen LogP contribution in [0.5, 0.6) is 0 Å². The summed E-state index contributed by atoms with van der Waals surface area (Å²) in [6, 6.07) is 0. The van der Waals surface area contributed by atoms with Gasteiger partial charge in [0.05, 0.1) is 56.3 Å². The van der Waals surface area contributed by atoms with E-state index >= 15 is 0 Å². The average molecular weight is 1330 g/mol. The number of methoxy groups -OCH3 is 1. The van der Waals surface area contributed by atoms with Gasteiger partial charge in [0.2, 0.25) is 0 Å². The molecule has 4 heterocycles. The maximum atomic E-state index is 12.8. The van der Waals surface area contributed by atoms with Crippen LogP contribution in [-0.4, -0.2) is 254 Å². The van der Waals surface area contributed by atoms with Gasteiger partial charge in [0.25, 0.3) is 0 Å². The second-order valence-electron chi connectivity index (χ2n) is 29.3. The standard InChI is InChI=1S/C50H80O21.C16H24O6/c1-21(54)65-40-39(64-9)45(2,3)16-23-22-10-11-27-47(6)14-13-29(46(4,5)26(47)12-15-48(27,7)49(22,8)17-28(55)50(23,40)20-53)68-44-38(71-43-34(60)32(58)30(56)24(18-51)66-43)36(35(61)37(70-44)41(62)63)69-42-33(59)31(57)25(19-52)67-42;1-6-9(3)15(18)21-13-11(5)20-8-12(17)14(13)22-16(19)10(4)7-2/h10,23-40,42-44,51-53,55-61H,11-20H2,1-9H3,(H,62,63);6-7,11-14,17H,8H2,1-5H3/b;9-6-,10-7-/t23?,24?,25?,26?,27?,28?,29-,30?,31?,32?,33?,34?,35?,36+,37?,38?,39?,40?,42+,43?,44?,47?,48?,49?,50?;11?,12?,13?,14-/m10/s1. The van der Waals surface area contributed by atoms with Gasteiger partial charge in [-0.15, -0.1) is 0 Å². The fraction of sp³-hybridized carbons (Fsp3) is 0.848. The van der Waals surface area contributed by atoms with Crippen molar-refractivity contribution in [2.24, 2.45) is 50.2 Å². The fourth-order valence-corrected chi connectivity index (χ4v) is 17.8. The van der Waals surface area contributed by atoms with Gasteiger partial charge in [-0.2, -0.15) is 0 Å². The summed E-state index contributed by atoms with van der Waals surface area (Å²) in [4.78, 5) is 49.4. The van der Waals surface area contributed by atoms with Crippen molar-refractivity contribution in [2.45, 2.75) is 270 Å². The number of carbonyl (C=O) groups excluding carboxylic acids is 3. The van der Waals surface area contributed by atoms with E-state index in [2.05, 4.69) is 54.5 Å². The van der Waals surface area contributed by atoms with Crippen LogP contribution in [0.1, 0.15) is 135 Å². The molecule has 0 aromatic heterocycles. The zero-order valence-electron chi connectivity index (χ0n) is 55.9. The summed E-state index contributed by atoms with van der Waals surface area (Å²) in [5.74, 6) is -3.46. The number of aliphatic hydroxyl groups is 11. The molecule has 530 valence electrons. The Bertz CT molecular complexity index is 2710. The van der Waals surface area contributed by atoms with Crippen LogP contribution in [0.15, 0.2) is 34.9 Å². The minimum atomic E-state index is -2.08. The summed E-state index contributed by atoms with van der Waals surface area (Å²) in [7, 11) is 1.57. The van der Waals surface area contributed by atoms with E-state index in [-0.39, 0.29) is 35.2 Å². The summed E-state index contributed by atoms with van der Waals surface area (Å²) in [5.41, 5.74) is -1.56. The van der Waals surface area contributed by atoms with Crippen LogP contribution in [0, 0.1) is 50.2 Å². The summed E-state index contributed by atoms with van der Waals surface area (Å²) < 4.78 is 64.6. The Morgan fingerprint density at radius 3 is 1.73 bits per heavy atom. The van der Waals surface area contributed by atoms with Gasteiger partial charge in [0, 0.05) is 25.2 Å². The molecule has 0 bridgehead atoms. The maximum Gasteiger partial charge on any atom is 0.335 e. The molecule has 93 heavy (non-hydrogen) atoms. The molecular formula is C66H104O27. The Labute approximate surface area is 543 Å². The zero-order valence-corrected chi connectivity index (χ0v) is 55.9. The molecule has 29 atom stereocenters. The van der Waals surface area contributed by atoms with E-state index in [1.165, 1.54) is 6.92 Å². The summed E-state index contributed by atoms with van der Waals surface area (Å²) in [5, 5.41) is 130. The molecule has 0 radical (unpaired) electrons. The first-order valence-electron chi connectivity index (χ1n) is 32.6. The van der Waals surface area contributed by atoms with Gasteiger partial charge < -0.3 is 113 Å². The first-order valence-corrected chi connectivity index (χ1v) is 32.6. The van der Waals surface area contributed by atoms with Crippen LogP contribution in [0.2, 0.25) is 0 Å². The molecular weight excluding hydrogens is 1220 g/mol. The molecule has 4 saturated heterocycles. The number of rotatable bonds is 16. The van der Waals surface area contributed by atoms with Crippen LogP contribution in [-0.2, 0) is 71.3 Å². The van der Waals surface area contributed by atoms with Crippen LogP contribution >= 0.6 is 0 Å². The molecule has 8 fully saturated rings. The smallest absolute Gasteiger partial charge is 0.335 e. The monoisotopic (exact) mass is 1330 g/mol. The molecule has 12 N–H and O–H groups in total. The normalized spacial score (nSPS) is 47.0. The summed E-state index contributed by atoms with van der Waals surface area (Å²) in [6.45, 7) is 23.0. The molecule has 0 aromatic carbocycles. The topological polar surface area (TPSA) is 413 Å². The number of carboxylic acids is 1. The highest BCUT2D eigenvalue weighted by Crippen LogP contribution is 2.76. The third-order valence-corrected chi connectivity index (χ3v) is 23.5. The molecule has 4 aliphatic heterocycles.